The first-order valence-electron chi connectivity index (χ1n) is 14.8. The smallest absolute Gasteiger partial charge is 0.251 e. The number of carbonyl (C=O) groups excluding carboxylic acids is 2. The Morgan fingerprint density at radius 2 is 1.59 bits per heavy atom. The van der Waals surface area contributed by atoms with Crippen molar-refractivity contribution in [1.82, 2.24) is 20.9 Å². The van der Waals surface area contributed by atoms with Gasteiger partial charge in [0, 0.05) is 36.5 Å². The Labute approximate surface area is 258 Å². The molecule has 0 spiro atoms. The van der Waals surface area contributed by atoms with Crippen LogP contribution in [0.3, 0.4) is 0 Å². The largest absolute Gasteiger partial charge is 0.394 e. The van der Waals surface area contributed by atoms with Crippen LogP contribution in [0, 0.1) is 0 Å². The normalized spacial score (nSPS) is 13.1. The van der Waals surface area contributed by atoms with E-state index >= 15 is 0 Å². The Morgan fingerprint density at radius 3 is 2.30 bits per heavy atom. The van der Waals surface area contributed by atoms with Gasteiger partial charge in [-0.05, 0) is 60.2 Å². The molecule has 44 heavy (non-hydrogen) atoms. The van der Waals surface area contributed by atoms with E-state index in [-0.39, 0.29) is 36.9 Å². The minimum atomic E-state index is -0.683. The molecule has 9 nitrogen and oxygen atoms in total. The number of hydrogen-bond donors (Lipinski definition) is 6. The average molecular weight is 596 g/mol. The van der Waals surface area contributed by atoms with Crippen LogP contribution in [0.5, 0.6) is 0 Å². The summed E-state index contributed by atoms with van der Waals surface area (Å²) in [5.74, 6) is 0.0664. The van der Waals surface area contributed by atoms with E-state index in [0.29, 0.717) is 36.5 Å². The SMILES string of the molecule is CC(Cc1cccc(CC(=O)NCc2ccc(C(=O)N[C@@H](CO)Cc3ccccc3)cc2)c1)NC[C@@H](O)c1ccc(N)nc1. The third-order valence-corrected chi connectivity index (χ3v) is 7.34. The molecule has 0 aliphatic rings. The first-order chi connectivity index (χ1) is 21.3. The van der Waals surface area contributed by atoms with Gasteiger partial charge in [0.15, 0.2) is 0 Å². The molecule has 3 aromatic carbocycles. The molecule has 1 aromatic heterocycles. The van der Waals surface area contributed by atoms with Crippen LogP contribution in [0.25, 0.3) is 0 Å². The maximum atomic E-state index is 12.7. The van der Waals surface area contributed by atoms with Crippen LogP contribution in [-0.4, -0.2) is 52.2 Å². The highest BCUT2D eigenvalue weighted by atomic mass is 16.3. The van der Waals surface area contributed by atoms with E-state index in [1.807, 2.05) is 66.7 Å². The summed E-state index contributed by atoms with van der Waals surface area (Å²) in [4.78, 5) is 29.4. The van der Waals surface area contributed by atoms with Crippen molar-refractivity contribution in [3.05, 3.63) is 131 Å². The number of amides is 2. The number of benzene rings is 3. The lowest BCUT2D eigenvalue weighted by Crippen LogP contribution is -2.39. The number of anilines is 1. The number of nitrogen functional groups attached to an aromatic ring is 1. The van der Waals surface area contributed by atoms with E-state index in [9.17, 15) is 19.8 Å². The minimum Gasteiger partial charge on any atom is -0.394 e. The van der Waals surface area contributed by atoms with Gasteiger partial charge >= 0.3 is 0 Å². The summed E-state index contributed by atoms with van der Waals surface area (Å²) in [5, 5.41) is 29.3. The van der Waals surface area contributed by atoms with Crippen LogP contribution in [0.4, 0.5) is 5.82 Å². The lowest BCUT2D eigenvalue weighted by atomic mass is 10.0. The second kappa shape index (κ2) is 16.3. The van der Waals surface area contributed by atoms with Crippen molar-refractivity contribution in [3.8, 4) is 0 Å². The van der Waals surface area contributed by atoms with Gasteiger partial charge in [-0.1, -0.05) is 72.8 Å². The molecule has 1 unspecified atom stereocenters. The Hall–Kier alpha value is -4.57. The number of aliphatic hydroxyl groups excluding tert-OH is 2. The zero-order valence-electron chi connectivity index (χ0n) is 24.9. The average Bonchev–Trinajstić information content (AvgIpc) is 3.03. The lowest BCUT2D eigenvalue weighted by Gasteiger charge is -2.18. The maximum absolute atomic E-state index is 12.7. The first-order valence-corrected chi connectivity index (χ1v) is 14.8. The summed E-state index contributed by atoms with van der Waals surface area (Å²) in [5.41, 5.74) is 10.7. The van der Waals surface area contributed by atoms with Gasteiger partial charge in [0.2, 0.25) is 5.91 Å². The van der Waals surface area contributed by atoms with E-state index in [0.717, 1.165) is 28.7 Å². The predicted octanol–water partition coefficient (Wildman–Crippen LogP) is 3.11. The summed E-state index contributed by atoms with van der Waals surface area (Å²) in [7, 11) is 0. The number of aromatic nitrogens is 1. The van der Waals surface area contributed by atoms with Gasteiger partial charge in [0.05, 0.1) is 25.2 Å². The summed E-state index contributed by atoms with van der Waals surface area (Å²) in [6, 6.07) is 27.9. The number of rotatable bonds is 15. The Morgan fingerprint density at radius 1 is 0.864 bits per heavy atom. The molecule has 0 saturated heterocycles. The molecule has 7 N–H and O–H groups in total. The van der Waals surface area contributed by atoms with Crippen LogP contribution in [-0.2, 0) is 30.6 Å². The fourth-order valence-electron chi connectivity index (χ4n) is 4.89. The summed E-state index contributed by atoms with van der Waals surface area (Å²) >= 11 is 0. The van der Waals surface area contributed by atoms with Crippen molar-refractivity contribution in [1.29, 1.82) is 0 Å². The molecule has 3 atom stereocenters. The fraction of sp³-hybridized carbons (Fsp3) is 0.286. The van der Waals surface area contributed by atoms with E-state index < -0.39 is 6.10 Å². The molecule has 4 rings (SSSR count). The van der Waals surface area contributed by atoms with Crippen molar-refractivity contribution in [2.45, 2.75) is 50.9 Å². The summed E-state index contributed by atoms with van der Waals surface area (Å²) < 4.78 is 0. The van der Waals surface area contributed by atoms with Crippen LogP contribution >= 0.6 is 0 Å². The maximum Gasteiger partial charge on any atom is 0.251 e. The highest BCUT2D eigenvalue weighted by Crippen LogP contribution is 2.14. The highest BCUT2D eigenvalue weighted by molar-refractivity contribution is 5.94. The topological polar surface area (TPSA) is 150 Å². The molecule has 4 aromatic rings. The first kappa shape index (κ1) is 32.3. The van der Waals surface area contributed by atoms with Gasteiger partial charge in [-0.3, -0.25) is 9.59 Å². The van der Waals surface area contributed by atoms with Crippen molar-refractivity contribution < 1.29 is 19.8 Å². The molecule has 1 heterocycles. The molecule has 0 aliphatic carbocycles. The Kier molecular flexibility index (Phi) is 12.0. The van der Waals surface area contributed by atoms with Gasteiger partial charge in [-0.15, -0.1) is 0 Å². The van der Waals surface area contributed by atoms with Gasteiger partial charge in [0.1, 0.15) is 5.82 Å². The minimum absolute atomic E-state index is 0.0953. The van der Waals surface area contributed by atoms with Gasteiger partial charge in [-0.25, -0.2) is 4.98 Å². The molecule has 0 radical (unpaired) electrons. The van der Waals surface area contributed by atoms with Gasteiger partial charge < -0.3 is 31.9 Å². The standard InChI is InChI=1S/C35H41N5O4/c1-24(37-22-32(42)30-14-15-33(36)38-21-30)16-27-8-5-9-28(17-27)19-34(43)39-20-26-10-12-29(13-11-26)35(44)40-31(23-41)18-25-6-3-2-4-7-25/h2-15,17,21,24,31-32,37,41-42H,16,18-20,22-23H2,1H3,(H2,36,38)(H,39,43)(H,40,44)/t24?,31-,32-/m1/s1. The summed E-state index contributed by atoms with van der Waals surface area (Å²) in [6.45, 7) is 2.63. The summed E-state index contributed by atoms with van der Waals surface area (Å²) in [6.07, 6.45) is 2.44. The van der Waals surface area contributed by atoms with E-state index in [1.165, 1.54) is 0 Å². The highest BCUT2D eigenvalue weighted by Gasteiger charge is 2.14. The second-order valence-electron chi connectivity index (χ2n) is 11.1. The van der Waals surface area contributed by atoms with Crippen molar-refractivity contribution in [2.24, 2.45) is 0 Å². The lowest BCUT2D eigenvalue weighted by molar-refractivity contribution is -0.120. The van der Waals surface area contributed by atoms with Gasteiger partial charge in [-0.2, -0.15) is 0 Å². The van der Waals surface area contributed by atoms with E-state index in [1.54, 1.807) is 30.5 Å². The van der Waals surface area contributed by atoms with Crippen LogP contribution in [0.1, 0.15) is 51.2 Å². The number of carbonyl (C=O) groups is 2. The van der Waals surface area contributed by atoms with E-state index in [2.05, 4.69) is 27.9 Å². The molecule has 0 aliphatic heterocycles. The number of nitrogens with one attached hydrogen (secondary N) is 3. The predicted molar refractivity (Wildman–Crippen MR) is 172 cm³/mol. The number of hydrogen-bond acceptors (Lipinski definition) is 7. The number of pyridine rings is 1. The number of aliphatic hydroxyl groups is 2. The quantitative estimate of drug-likeness (QED) is 0.124. The van der Waals surface area contributed by atoms with Crippen LogP contribution < -0.4 is 21.7 Å². The van der Waals surface area contributed by atoms with Crippen molar-refractivity contribution in [2.75, 3.05) is 18.9 Å². The molecular formula is C35H41N5O4. The van der Waals surface area contributed by atoms with Crippen molar-refractivity contribution >= 4 is 17.6 Å². The van der Waals surface area contributed by atoms with Crippen molar-refractivity contribution in [3.63, 3.8) is 0 Å². The number of nitrogens with zero attached hydrogens (tertiary/aromatic N) is 1. The molecular weight excluding hydrogens is 554 g/mol. The van der Waals surface area contributed by atoms with Crippen LogP contribution in [0.2, 0.25) is 0 Å². The monoisotopic (exact) mass is 595 g/mol. The molecule has 230 valence electrons. The Bertz CT molecular complexity index is 1480. The third-order valence-electron chi connectivity index (χ3n) is 7.34. The number of nitrogens with two attached hydrogens (primary N) is 1. The second-order valence-corrected chi connectivity index (χ2v) is 11.1. The molecule has 0 bridgehead atoms. The van der Waals surface area contributed by atoms with E-state index in [4.69, 9.17) is 5.73 Å². The molecule has 0 saturated carbocycles. The zero-order chi connectivity index (χ0) is 31.3. The Balaban J connectivity index is 1.20. The molecule has 2 amide bonds. The third kappa shape index (κ3) is 10.3. The molecule has 0 fully saturated rings. The fourth-order valence-corrected chi connectivity index (χ4v) is 4.89. The van der Waals surface area contributed by atoms with Crippen LogP contribution in [0.15, 0.2) is 97.2 Å². The molecule has 9 heteroatoms. The van der Waals surface area contributed by atoms with Gasteiger partial charge in [0.25, 0.3) is 5.91 Å². The zero-order valence-corrected chi connectivity index (χ0v) is 24.9.